The molecule has 0 bridgehead atoms. The van der Waals surface area contributed by atoms with Gasteiger partial charge in [0.25, 0.3) is 5.91 Å². The van der Waals surface area contributed by atoms with E-state index in [4.69, 9.17) is 27.9 Å². The zero-order valence-corrected chi connectivity index (χ0v) is 17.7. The van der Waals surface area contributed by atoms with Crippen molar-refractivity contribution in [1.82, 2.24) is 0 Å². The summed E-state index contributed by atoms with van der Waals surface area (Å²) in [6.07, 6.45) is 1.51. The van der Waals surface area contributed by atoms with Gasteiger partial charge in [0, 0.05) is 21.3 Å². The van der Waals surface area contributed by atoms with Gasteiger partial charge in [-0.2, -0.15) is 5.26 Å². The molecular formula is C24H18Cl2N2O2. The van der Waals surface area contributed by atoms with Crippen molar-refractivity contribution in [1.29, 1.82) is 5.26 Å². The third-order valence-corrected chi connectivity index (χ3v) is 5.09. The van der Waals surface area contributed by atoms with E-state index in [9.17, 15) is 10.1 Å². The van der Waals surface area contributed by atoms with E-state index in [0.29, 0.717) is 33.7 Å². The average Bonchev–Trinajstić information content (AvgIpc) is 2.74. The largest absolute Gasteiger partial charge is 0.489 e. The number of ether oxygens (including phenoxy) is 1. The van der Waals surface area contributed by atoms with Crippen LogP contribution in [0.2, 0.25) is 10.0 Å². The minimum atomic E-state index is -0.514. The average molecular weight is 437 g/mol. The van der Waals surface area contributed by atoms with E-state index < -0.39 is 5.91 Å². The second kappa shape index (κ2) is 9.98. The maximum absolute atomic E-state index is 12.5. The Labute approximate surface area is 185 Å². The second-order valence-electron chi connectivity index (χ2n) is 6.54. The first-order valence-corrected chi connectivity index (χ1v) is 9.87. The molecule has 0 spiro atoms. The molecule has 0 fully saturated rings. The van der Waals surface area contributed by atoms with E-state index in [2.05, 4.69) is 5.32 Å². The number of rotatable bonds is 6. The quantitative estimate of drug-likeness (QED) is 0.357. The van der Waals surface area contributed by atoms with Crippen molar-refractivity contribution in [3.63, 3.8) is 0 Å². The molecular weight excluding hydrogens is 419 g/mol. The first-order chi connectivity index (χ1) is 14.5. The number of nitriles is 1. The number of nitrogens with one attached hydrogen (secondary N) is 1. The molecule has 0 heterocycles. The second-order valence-corrected chi connectivity index (χ2v) is 7.35. The molecule has 0 aliphatic rings. The van der Waals surface area contributed by atoms with Gasteiger partial charge < -0.3 is 10.1 Å². The van der Waals surface area contributed by atoms with Crippen LogP contribution in [0.1, 0.15) is 16.7 Å². The maximum atomic E-state index is 12.5. The number of amides is 1. The third kappa shape index (κ3) is 5.64. The molecule has 0 saturated heterocycles. The zero-order valence-electron chi connectivity index (χ0n) is 16.2. The molecule has 0 aliphatic heterocycles. The highest BCUT2D eigenvalue weighted by atomic mass is 35.5. The number of hydrogen-bond donors (Lipinski definition) is 1. The zero-order chi connectivity index (χ0) is 21.5. The monoisotopic (exact) mass is 436 g/mol. The summed E-state index contributed by atoms with van der Waals surface area (Å²) in [5, 5.41) is 13.3. The van der Waals surface area contributed by atoms with Crippen LogP contribution < -0.4 is 10.1 Å². The highest BCUT2D eigenvalue weighted by molar-refractivity contribution is 6.31. The lowest BCUT2D eigenvalue weighted by Crippen LogP contribution is -2.13. The van der Waals surface area contributed by atoms with Crippen LogP contribution >= 0.6 is 23.2 Å². The molecule has 3 aromatic carbocycles. The molecule has 0 saturated carbocycles. The summed E-state index contributed by atoms with van der Waals surface area (Å²) >= 11 is 12.2. The number of nitrogens with zero attached hydrogens (tertiary/aromatic N) is 1. The molecule has 0 atom stereocenters. The fraction of sp³-hybridized carbons (Fsp3) is 0.0833. The first-order valence-electron chi connectivity index (χ1n) is 9.12. The Hall–Kier alpha value is -3.26. The Morgan fingerprint density at radius 3 is 2.60 bits per heavy atom. The minimum absolute atomic E-state index is 0.0325. The van der Waals surface area contributed by atoms with Gasteiger partial charge in [0.2, 0.25) is 0 Å². The molecule has 0 aliphatic carbocycles. The van der Waals surface area contributed by atoms with Crippen molar-refractivity contribution in [2.24, 2.45) is 0 Å². The van der Waals surface area contributed by atoms with E-state index in [1.54, 1.807) is 48.5 Å². The number of benzene rings is 3. The smallest absolute Gasteiger partial charge is 0.266 e. The van der Waals surface area contributed by atoms with E-state index >= 15 is 0 Å². The number of carbonyl (C=O) groups excluding carboxylic acids is 1. The first kappa shape index (κ1) is 21.4. The summed E-state index contributed by atoms with van der Waals surface area (Å²) in [5.74, 6) is 0.0893. The summed E-state index contributed by atoms with van der Waals surface area (Å²) in [6, 6.07) is 21.7. The fourth-order valence-corrected chi connectivity index (χ4v) is 3.03. The lowest BCUT2D eigenvalue weighted by atomic mass is 10.1. The van der Waals surface area contributed by atoms with Crippen LogP contribution in [0.5, 0.6) is 5.75 Å². The van der Waals surface area contributed by atoms with Gasteiger partial charge in [0.05, 0.1) is 0 Å². The van der Waals surface area contributed by atoms with Gasteiger partial charge in [-0.25, -0.2) is 0 Å². The molecule has 0 unspecified atom stereocenters. The summed E-state index contributed by atoms with van der Waals surface area (Å²) in [5.41, 5.74) is 2.93. The lowest BCUT2D eigenvalue weighted by molar-refractivity contribution is -0.112. The van der Waals surface area contributed by atoms with Crippen LogP contribution in [0, 0.1) is 18.3 Å². The summed E-state index contributed by atoms with van der Waals surface area (Å²) in [4.78, 5) is 12.5. The fourth-order valence-electron chi connectivity index (χ4n) is 2.65. The Balaban J connectivity index is 1.73. The minimum Gasteiger partial charge on any atom is -0.489 e. The molecule has 30 heavy (non-hydrogen) atoms. The van der Waals surface area contributed by atoms with Crippen molar-refractivity contribution >= 4 is 40.9 Å². The summed E-state index contributed by atoms with van der Waals surface area (Å²) in [7, 11) is 0. The molecule has 1 amide bonds. The molecule has 150 valence electrons. The van der Waals surface area contributed by atoms with Gasteiger partial charge >= 0.3 is 0 Å². The van der Waals surface area contributed by atoms with Crippen molar-refractivity contribution in [3.8, 4) is 11.8 Å². The SMILES string of the molecule is Cc1ccc(NC(=O)/C(C#N)=C\c2cccc(OCc3ccccc3Cl)c2)cc1Cl. The number of anilines is 1. The molecule has 4 nitrogen and oxygen atoms in total. The van der Waals surface area contributed by atoms with Gasteiger partial charge in [-0.1, -0.05) is 59.6 Å². The maximum Gasteiger partial charge on any atom is 0.266 e. The predicted molar refractivity (Wildman–Crippen MR) is 121 cm³/mol. The van der Waals surface area contributed by atoms with Crippen LogP contribution in [-0.4, -0.2) is 5.91 Å². The van der Waals surface area contributed by atoms with Crippen molar-refractivity contribution in [3.05, 3.63) is 99.0 Å². The van der Waals surface area contributed by atoms with E-state index in [1.807, 2.05) is 31.2 Å². The Morgan fingerprint density at radius 1 is 1.07 bits per heavy atom. The summed E-state index contributed by atoms with van der Waals surface area (Å²) < 4.78 is 5.80. The van der Waals surface area contributed by atoms with Crippen LogP contribution in [0.25, 0.3) is 6.08 Å². The molecule has 0 aromatic heterocycles. The van der Waals surface area contributed by atoms with Crippen LogP contribution in [0.3, 0.4) is 0 Å². The third-order valence-electron chi connectivity index (χ3n) is 4.32. The van der Waals surface area contributed by atoms with Gasteiger partial charge in [-0.05, 0) is 54.5 Å². The van der Waals surface area contributed by atoms with Gasteiger partial charge in [-0.15, -0.1) is 0 Å². The van der Waals surface area contributed by atoms with E-state index in [1.165, 1.54) is 6.08 Å². The normalized spacial score (nSPS) is 10.9. The van der Waals surface area contributed by atoms with Crippen LogP contribution in [0.4, 0.5) is 5.69 Å². The molecule has 6 heteroatoms. The number of aryl methyl sites for hydroxylation is 1. The van der Waals surface area contributed by atoms with E-state index in [0.717, 1.165) is 11.1 Å². The molecule has 1 N–H and O–H groups in total. The van der Waals surface area contributed by atoms with Gasteiger partial charge in [0.1, 0.15) is 24.0 Å². The Bertz CT molecular complexity index is 1150. The van der Waals surface area contributed by atoms with Crippen LogP contribution in [0.15, 0.2) is 72.3 Å². The van der Waals surface area contributed by atoms with Gasteiger partial charge in [-0.3, -0.25) is 4.79 Å². The Kier molecular flexibility index (Phi) is 7.13. The van der Waals surface area contributed by atoms with Gasteiger partial charge in [0.15, 0.2) is 0 Å². The standard InChI is InChI=1S/C24H18Cl2N2O2/c1-16-9-10-20(13-23(16)26)28-24(29)19(14-27)11-17-5-4-7-21(12-17)30-15-18-6-2-3-8-22(18)25/h2-13H,15H2,1H3,(H,28,29)/b19-11-. The highest BCUT2D eigenvalue weighted by Gasteiger charge is 2.11. The highest BCUT2D eigenvalue weighted by Crippen LogP contribution is 2.22. The predicted octanol–water partition coefficient (Wildman–Crippen LogP) is 6.43. The van der Waals surface area contributed by atoms with Crippen molar-refractivity contribution in [2.75, 3.05) is 5.32 Å². The van der Waals surface area contributed by atoms with E-state index in [-0.39, 0.29) is 5.57 Å². The number of hydrogen-bond acceptors (Lipinski definition) is 3. The van der Waals surface area contributed by atoms with Crippen molar-refractivity contribution in [2.45, 2.75) is 13.5 Å². The number of carbonyl (C=O) groups is 1. The van der Waals surface area contributed by atoms with Crippen LogP contribution in [-0.2, 0) is 11.4 Å². The molecule has 3 aromatic rings. The Morgan fingerprint density at radius 2 is 1.87 bits per heavy atom. The number of halogens is 2. The lowest BCUT2D eigenvalue weighted by Gasteiger charge is -2.09. The topological polar surface area (TPSA) is 62.1 Å². The summed E-state index contributed by atoms with van der Waals surface area (Å²) in [6.45, 7) is 2.18. The molecule has 0 radical (unpaired) electrons. The molecule has 3 rings (SSSR count). The van der Waals surface area contributed by atoms with Crippen molar-refractivity contribution < 1.29 is 9.53 Å².